The van der Waals surface area contributed by atoms with Crippen LogP contribution in [0.5, 0.6) is 0 Å². The van der Waals surface area contributed by atoms with Gasteiger partial charge in [-0.1, -0.05) is 20.3 Å². The van der Waals surface area contributed by atoms with Crippen LogP contribution in [0.25, 0.3) is 0 Å². The lowest BCUT2D eigenvalue weighted by Gasteiger charge is -2.10. The predicted octanol–water partition coefficient (Wildman–Crippen LogP) is 1.45. The minimum absolute atomic E-state index is 0.217. The van der Waals surface area contributed by atoms with Gasteiger partial charge in [0.15, 0.2) is 0 Å². The molecular formula is C11H19N3O. The topological polar surface area (TPSA) is 60.1 Å². The second kappa shape index (κ2) is 5.56. The van der Waals surface area contributed by atoms with Crippen LogP contribution in [0.15, 0.2) is 12.1 Å². The summed E-state index contributed by atoms with van der Waals surface area (Å²) in [7, 11) is 0. The molecule has 0 fully saturated rings. The molecule has 84 valence electrons. The Bertz CT molecular complexity index is 331. The molecule has 0 saturated carbocycles. The highest BCUT2D eigenvalue weighted by molar-refractivity contribution is 5.92. The lowest BCUT2D eigenvalue weighted by Crippen LogP contribution is -2.32. The monoisotopic (exact) mass is 209 g/mol. The number of carbonyl (C=O) groups is 1. The molecule has 0 radical (unpaired) electrons. The molecule has 0 aliphatic carbocycles. The van der Waals surface area contributed by atoms with Crippen LogP contribution in [0.4, 0.5) is 0 Å². The number of amides is 1. The van der Waals surface area contributed by atoms with Crippen LogP contribution >= 0.6 is 0 Å². The van der Waals surface area contributed by atoms with Gasteiger partial charge in [0.25, 0.3) is 5.91 Å². The van der Waals surface area contributed by atoms with Crippen LogP contribution in [0.3, 0.4) is 0 Å². The quantitative estimate of drug-likeness (QED) is 0.438. The van der Waals surface area contributed by atoms with E-state index in [9.17, 15) is 4.79 Å². The normalized spacial score (nSPS) is 10.3. The fourth-order valence-electron chi connectivity index (χ4n) is 1.74. The zero-order valence-corrected chi connectivity index (χ0v) is 9.42. The SMILES string of the molecule is CCCc1ccc(C(=O)NN)n1CCC. The number of aryl methyl sites for hydroxylation is 1. The maximum absolute atomic E-state index is 11.5. The van der Waals surface area contributed by atoms with Gasteiger partial charge >= 0.3 is 0 Å². The number of hydrogen-bond donors (Lipinski definition) is 2. The van der Waals surface area contributed by atoms with Crippen molar-refractivity contribution in [1.29, 1.82) is 0 Å². The molecule has 0 aliphatic rings. The van der Waals surface area contributed by atoms with Gasteiger partial charge in [-0.25, -0.2) is 5.84 Å². The van der Waals surface area contributed by atoms with Crippen LogP contribution in [0.2, 0.25) is 0 Å². The Balaban J connectivity index is 2.99. The summed E-state index contributed by atoms with van der Waals surface area (Å²) >= 11 is 0. The summed E-state index contributed by atoms with van der Waals surface area (Å²) in [6, 6.07) is 3.84. The van der Waals surface area contributed by atoms with E-state index in [-0.39, 0.29) is 5.91 Å². The van der Waals surface area contributed by atoms with Gasteiger partial charge in [0, 0.05) is 12.2 Å². The van der Waals surface area contributed by atoms with Gasteiger partial charge in [0.05, 0.1) is 0 Å². The number of hydrazine groups is 1. The first-order chi connectivity index (χ1) is 7.24. The number of hydrogen-bond acceptors (Lipinski definition) is 2. The van der Waals surface area contributed by atoms with E-state index in [2.05, 4.69) is 19.3 Å². The van der Waals surface area contributed by atoms with Gasteiger partial charge in [0.2, 0.25) is 0 Å². The van der Waals surface area contributed by atoms with Gasteiger partial charge < -0.3 is 4.57 Å². The van der Waals surface area contributed by atoms with E-state index in [1.165, 1.54) is 5.69 Å². The third-order valence-electron chi connectivity index (χ3n) is 2.39. The molecule has 0 aliphatic heterocycles. The molecule has 1 rings (SSSR count). The second-order valence-electron chi connectivity index (χ2n) is 3.59. The molecule has 1 amide bonds. The summed E-state index contributed by atoms with van der Waals surface area (Å²) < 4.78 is 2.05. The molecular weight excluding hydrogens is 190 g/mol. The van der Waals surface area contributed by atoms with Crippen molar-refractivity contribution < 1.29 is 4.79 Å². The minimum atomic E-state index is -0.217. The van der Waals surface area contributed by atoms with Crippen molar-refractivity contribution in [1.82, 2.24) is 9.99 Å². The third kappa shape index (κ3) is 2.59. The molecule has 0 unspecified atom stereocenters. The van der Waals surface area contributed by atoms with Crippen molar-refractivity contribution >= 4 is 5.91 Å². The van der Waals surface area contributed by atoms with Crippen molar-refractivity contribution in [3.05, 3.63) is 23.5 Å². The molecule has 4 heteroatoms. The van der Waals surface area contributed by atoms with Crippen LogP contribution in [0.1, 0.15) is 42.9 Å². The molecule has 0 atom stereocenters. The first-order valence-corrected chi connectivity index (χ1v) is 5.43. The average Bonchev–Trinajstić information content (AvgIpc) is 2.62. The molecule has 1 aromatic rings. The highest BCUT2D eigenvalue weighted by Gasteiger charge is 2.12. The zero-order chi connectivity index (χ0) is 11.3. The van der Waals surface area contributed by atoms with Gasteiger partial charge in [-0.3, -0.25) is 10.2 Å². The van der Waals surface area contributed by atoms with Crippen molar-refractivity contribution in [3.63, 3.8) is 0 Å². The molecule has 3 N–H and O–H groups in total. The molecule has 0 spiro atoms. The molecule has 15 heavy (non-hydrogen) atoms. The highest BCUT2D eigenvalue weighted by atomic mass is 16.2. The van der Waals surface area contributed by atoms with Gasteiger partial charge in [0.1, 0.15) is 5.69 Å². The van der Waals surface area contributed by atoms with Gasteiger partial charge in [-0.05, 0) is 25.0 Å². The fourth-order valence-corrected chi connectivity index (χ4v) is 1.74. The number of nitrogen functional groups attached to an aromatic ring is 1. The van der Waals surface area contributed by atoms with Crippen molar-refractivity contribution in [2.45, 2.75) is 39.7 Å². The van der Waals surface area contributed by atoms with E-state index in [4.69, 9.17) is 5.84 Å². The first-order valence-electron chi connectivity index (χ1n) is 5.43. The van der Waals surface area contributed by atoms with Crippen molar-refractivity contribution in [3.8, 4) is 0 Å². The first kappa shape index (κ1) is 11.8. The van der Waals surface area contributed by atoms with Crippen LogP contribution in [0, 0.1) is 0 Å². The lowest BCUT2D eigenvalue weighted by molar-refractivity contribution is 0.0944. The predicted molar refractivity (Wildman–Crippen MR) is 60.4 cm³/mol. The number of nitrogens with one attached hydrogen (secondary N) is 1. The van der Waals surface area contributed by atoms with Crippen molar-refractivity contribution in [2.24, 2.45) is 5.84 Å². The van der Waals surface area contributed by atoms with Crippen LogP contribution in [-0.4, -0.2) is 10.5 Å². The lowest BCUT2D eigenvalue weighted by atomic mass is 10.2. The molecule has 0 aromatic carbocycles. The van der Waals surface area contributed by atoms with Crippen LogP contribution in [-0.2, 0) is 13.0 Å². The number of nitrogens with zero attached hydrogens (tertiary/aromatic N) is 1. The summed E-state index contributed by atoms with van der Waals surface area (Å²) in [4.78, 5) is 11.5. The van der Waals surface area contributed by atoms with E-state index >= 15 is 0 Å². The molecule has 1 aromatic heterocycles. The summed E-state index contributed by atoms with van der Waals surface area (Å²) in [6.45, 7) is 5.09. The average molecular weight is 209 g/mol. The summed E-state index contributed by atoms with van der Waals surface area (Å²) in [5, 5.41) is 0. The summed E-state index contributed by atoms with van der Waals surface area (Å²) in [5.74, 6) is 4.92. The van der Waals surface area contributed by atoms with E-state index in [0.29, 0.717) is 5.69 Å². The number of aromatic nitrogens is 1. The Morgan fingerprint density at radius 3 is 2.67 bits per heavy atom. The Morgan fingerprint density at radius 1 is 1.40 bits per heavy atom. The number of carbonyl (C=O) groups excluding carboxylic acids is 1. The van der Waals surface area contributed by atoms with Crippen LogP contribution < -0.4 is 11.3 Å². The maximum atomic E-state index is 11.5. The second-order valence-corrected chi connectivity index (χ2v) is 3.59. The Kier molecular flexibility index (Phi) is 4.37. The Morgan fingerprint density at radius 2 is 2.13 bits per heavy atom. The number of nitrogens with two attached hydrogens (primary N) is 1. The minimum Gasteiger partial charge on any atom is -0.341 e. The molecule has 1 heterocycles. The standard InChI is InChI=1S/C11H19N3O/c1-3-5-9-6-7-10(11(15)13-12)14(9)8-4-2/h6-7H,3-5,8,12H2,1-2H3,(H,13,15). The smallest absolute Gasteiger partial charge is 0.281 e. The van der Waals surface area contributed by atoms with E-state index in [1.54, 1.807) is 0 Å². The zero-order valence-electron chi connectivity index (χ0n) is 9.42. The Labute approximate surface area is 90.4 Å². The summed E-state index contributed by atoms with van der Waals surface area (Å²) in [6.07, 6.45) is 3.09. The maximum Gasteiger partial charge on any atom is 0.281 e. The molecule has 0 bridgehead atoms. The highest BCUT2D eigenvalue weighted by Crippen LogP contribution is 2.12. The Hall–Kier alpha value is -1.29. The fraction of sp³-hybridized carbons (Fsp3) is 0.545. The molecule has 0 saturated heterocycles. The van der Waals surface area contributed by atoms with E-state index < -0.39 is 0 Å². The van der Waals surface area contributed by atoms with Gasteiger partial charge in [-0.15, -0.1) is 0 Å². The van der Waals surface area contributed by atoms with E-state index in [1.807, 2.05) is 16.7 Å². The molecule has 4 nitrogen and oxygen atoms in total. The van der Waals surface area contributed by atoms with Gasteiger partial charge in [-0.2, -0.15) is 0 Å². The number of rotatable bonds is 5. The van der Waals surface area contributed by atoms with Crippen molar-refractivity contribution in [2.75, 3.05) is 0 Å². The summed E-state index contributed by atoms with van der Waals surface area (Å²) in [5.41, 5.74) is 4.04. The third-order valence-corrected chi connectivity index (χ3v) is 2.39. The largest absolute Gasteiger partial charge is 0.341 e. The van der Waals surface area contributed by atoms with E-state index in [0.717, 1.165) is 25.8 Å².